The number of nitrogens with zero attached hydrogens (tertiary/aromatic N) is 1. The van der Waals surface area contributed by atoms with E-state index in [2.05, 4.69) is 5.16 Å². The molecule has 0 bridgehead atoms. The van der Waals surface area contributed by atoms with E-state index < -0.39 is 0 Å². The Morgan fingerprint density at radius 1 is 1.44 bits per heavy atom. The SMILES string of the molecule is NC(=NO)c1ccc(OCc2cccs2)cc1Cl. The highest BCUT2D eigenvalue weighted by Crippen LogP contribution is 2.23. The Kier molecular flexibility index (Phi) is 4.07. The zero-order chi connectivity index (χ0) is 13.0. The molecule has 0 saturated carbocycles. The van der Waals surface area contributed by atoms with Crippen molar-refractivity contribution in [3.05, 3.63) is 51.2 Å². The Morgan fingerprint density at radius 2 is 2.28 bits per heavy atom. The van der Waals surface area contributed by atoms with Crippen LogP contribution in [0, 0.1) is 0 Å². The number of rotatable bonds is 4. The van der Waals surface area contributed by atoms with E-state index in [1.165, 1.54) is 0 Å². The molecule has 0 amide bonds. The largest absolute Gasteiger partial charge is 0.488 e. The summed E-state index contributed by atoms with van der Waals surface area (Å²) in [4.78, 5) is 1.13. The van der Waals surface area contributed by atoms with E-state index in [0.717, 1.165) is 4.88 Å². The quantitative estimate of drug-likeness (QED) is 0.392. The Bertz CT molecular complexity index is 555. The lowest BCUT2D eigenvalue weighted by molar-refractivity contribution is 0.309. The van der Waals surface area contributed by atoms with Gasteiger partial charge in [0.05, 0.1) is 5.02 Å². The third-order valence-electron chi connectivity index (χ3n) is 2.29. The molecule has 0 aliphatic heterocycles. The number of halogens is 1. The topological polar surface area (TPSA) is 67.8 Å². The van der Waals surface area contributed by atoms with E-state index in [-0.39, 0.29) is 5.84 Å². The lowest BCUT2D eigenvalue weighted by Crippen LogP contribution is -2.13. The van der Waals surface area contributed by atoms with Gasteiger partial charge in [0.1, 0.15) is 12.4 Å². The van der Waals surface area contributed by atoms with Crippen molar-refractivity contribution in [1.82, 2.24) is 0 Å². The maximum atomic E-state index is 8.58. The minimum Gasteiger partial charge on any atom is -0.488 e. The second-order valence-electron chi connectivity index (χ2n) is 3.49. The molecule has 6 heteroatoms. The molecule has 0 radical (unpaired) electrons. The number of hydrogen-bond donors (Lipinski definition) is 2. The summed E-state index contributed by atoms with van der Waals surface area (Å²) < 4.78 is 5.58. The summed E-state index contributed by atoms with van der Waals surface area (Å²) in [5, 5.41) is 13.9. The van der Waals surface area contributed by atoms with Gasteiger partial charge < -0.3 is 15.7 Å². The van der Waals surface area contributed by atoms with Crippen LogP contribution in [0.1, 0.15) is 10.4 Å². The van der Waals surface area contributed by atoms with Crippen molar-refractivity contribution in [2.45, 2.75) is 6.61 Å². The lowest BCUT2D eigenvalue weighted by atomic mass is 10.2. The Morgan fingerprint density at radius 3 is 2.89 bits per heavy atom. The fraction of sp³-hybridized carbons (Fsp3) is 0.0833. The van der Waals surface area contributed by atoms with Crippen LogP contribution in [0.2, 0.25) is 5.02 Å². The van der Waals surface area contributed by atoms with Crippen molar-refractivity contribution >= 4 is 28.8 Å². The molecule has 0 aliphatic carbocycles. The van der Waals surface area contributed by atoms with Crippen molar-refractivity contribution in [2.75, 3.05) is 0 Å². The molecule has 0 fully saturated rings. The standard InChI is InChI=1S/C12H11ClN2O2S/c13-11-6-8(3-4-10(11)12(14)15-16)17-7-9-2-1-5-18-9/h1-6,16H,7H2,(H2,14,15). The zero-order valence-electron chi connectivity index (χ0n) is 9.34. The Hall–Kier alpha value is -1.72. The highest BCUT2D eigenvalue weighted by Gasteiger charge is 2.07. The first kappa shape index (κ1) is 12.7. The summed E-state index contributed by atoms with van der Waals surface area (Å²) >= 11 is 7.64. The van der Waals surface area contributed by atoms with Gasteiger partial charge in [-0.05, 0) is 29.6 Å². The van der Waals surface area contributed by atoms with Gasteiger partial charge in [-0.1, -0.05) is 22.8 Å². The zero-order valence-corrected chi connectivity index (χ0v) is 10.9. The molecule has 0 aliphatic rings. The number of hydrogen-bond acceptors (Lipinski definition) is 4. The maximum Gasteiger partial charge on any atom is 0.171 e. The van der Waals surface area contributed by atoms with E-state index >= 15 is 0 Å². The summed E-state index contributed by atoms with van der Waals surface area (Å²) in [5.74, 6) is 0.618. The van der Waals surface area contributed by atoms with Gasteiger partial charge in [-0.2, -0.15) is 0 Å². The van der Waals surface area contributed by atoms with Crippen LogP contribution in [0.3, 0.4) is 0 Å². The first-order valence-corrected chi connectivity index (χ1v) is 6.39. The van der Waals surface area contributed by atoms with Crippen LogP contribution in [0.25, 0.3) is 0 Å². The molecule has 0 spiro atoms. The van der Waals surface area contributed by atoms with Gasteiger partial charge in [0, 0.05) is 10.4 Å². The second-order valence-corrected chi connectivity index (χ2v) is 4.93. The highest BCUT2D eigenvalue weighted by molar-refractivity contribution is 7.09. The van der Waals surface area contributed by atoms with Crippen LogP contribution in [0.4, 0.5) is 0 Å². The van der Waals surface area contributed by atoms with Crippen LogP contribution in [0.5, 0.6) is 5.75 Å². The Balaban J connectivity index is 2.09. The van der Waals surface area contributed by atoms with Gasteiger partial charge in [-0.25, -0.2) is 0 Å². The predicted molar refractivity (Wildman–Crippen MR) is 72.6 cm³/mol. The van der Waals surface area contributed by atoms with E-state index in [0.29, 0.717) is 22.9 Å². The van der Waals surface area contributed by atoms with Crippen LogP contribution in [-0.4, -0.2) is 11.0 Å². The van der Waals surface area contributed by atoms with Gasteiger partial charge in [-0.3, -0.25) is 0 Å². The number of benzene rings is 1. The minimum atomic E-state index is -0.0233. The second kappa shape index (κ2) is 5.75. The third kappa shape index (κ3) is 2.94. The van der Waals surface area contributed by atoms with Gasteiger partial charge in [-0.15, -0.1) is 11.3 Å². The van der Waals surface area contributed by atoms with Crippen molar-refractivity contribution in [3.8, 4) is 5.75 Å². The fourth-order valence-electron chi connectivity index (χ4n) is 1.40. The molecule has 18 heavy (non-hydrogen) atoms. The number of thiophene rings is 1. The summed E-state index contributed by atoms with van der Waals surface area (Å²) in [5.41, 5.74) is 5.95. The molecule has 2 aromatic rings. The first-order valence-electron chi connectivity index (χ1n) is 5.13. The van der Waals surface area contributed by atoms with E-state index in [9.17, 15) is 0 Å². The molecule has 94 valence electrons. The maximum absolute atomic E-state index is 8.58. The molecular formula is C12H11ClN2O2S. The predicted octanol–water partition coefficient (Wildman–Crippen LogP) is 3.08. The summed E-state index contributed by atoms with van der Waals surface area (Å²) in [7, 11) is 0. The highest BCUT2D eigenvalue weighted by atomic mass is 35.5. The minimum absolute atomic E-state index is 0.0233. The molecule has 1 aromatic carbocycles. The number of nitrogens with two attached hydrogens (primary N) is 1. The molecule has 0 unspecified atom stereocenters. The summed E-state index contributed by atoms with van der Waals surface area (Å²) in [6.45, 7) is 0.497. The van der Waals surface area contributed by atoms with Gasteiger partial charge in [0.15, 0.2) is 5.84 Å². The van der Waals surface area contributed by atoms with Crippen molar-refractivity contribution in [2.24, 2.45) is 10.9 Å². The average molecular weight is 283 g/mol. The molecule has 2 rings (SSSR count). The molecule has 4 nitrogen and oxygen atoms in total. The fourth-order valence-corrected chi connectivity index (χ4v) is 2.28. The van der Waals surface area contributed by atoms with Crippen molar-refractivity contribution in [1.29, 1.82) is 0 Å². The lowest BCUT2D eigenvalue weighted by Gasteiger charge is -2.07. The van der Waals surface area contributed by atoms with Gasteiger partial charge in [0.2, 0.25) is 0 Å². The average Bonchev–Trinajstić information content (AvgIpc) is 2.88. The van der Waals surface area contributed by atoms with Crippen molar-refractivity contribution < 1.29 is 9.94 Å². The number of amidine groups is 1. The third-order valence-corrected chi connectivity index (χ3v) is 3.45. The van der Waals surface area contributed by atoms with E-state index in [4.69, 9.17) is 27.3 Å². The number of oxime groups is 1. The van der Waals surface area contributed by atoms with Gasteiger partial charge in [0.25, 0.3) is 0 Å². The van der Waals surface area contributed by atoms with E-state index in [1.807, 2.05) is 17.5 Å². The van der Waals surface area contributed by atoms with Crippen LogP contribution < -0.4 is 10.5 Å². The Labute approximate surface area is 113 Å². The summed E-state index contributed by atoms with van der Waals surface area (Å²) in [6, 6.07) is 8.99. The molecule has 1 heterocycles. The van der Waals surface area contributed by atoms with E-state index in [1.54, 1.807) is 29.5 Å². The van der Waals surface area contributed by atoms with Crippen LogP contribution >= 0.6 is 22.9 Å². The smallest absolute Gasteiger partial charge is 0.171 e. The van der Waals surface area contributed by atoms with Crippen LogP contribution in [-0.2, 0) is 6.61 Å². The molecule has 1 aromatic heterocycles. The molecular weight excluding hydrogens is 272 g/mol. The summed E-state index contributed by atoms with van der Waals surface area (Å²) in [6.07, 6.45) is 0. The first-order chi connectivity index (χ1) is 8.70. The van der Waals surface area contributed by atoms with Gasteiger partial charge >= 0.3 is 0 Å². The molecule has 3 N–H and O–H groups in total. The normalized spacial score (nSPS) is 11.5. The number of ether oxygens (including phenoxy) is 1. The molecule has 0 atom stereocenters. The molecule has 0 saturated heterocycles. The van der Waals surface area contributed by atoms with Crippen molar-refractivity contribution in [3.63, 3.8) is 0 Å². The van der Waals surface area contributed by atoms with Crippen LogP contribution in [0.15, 0.2) is 40.9 Å². The monoisotopic (exact) mass is 282 g/mol.